The van der Waals surface area contributed by atoms with Crippen molar-refractivity contribution in [3.63, 3.8) is 0 Å². The first-order valence-corrected chi connectivity index (χ1v) is 20.3. The fourth-order valence-electron chi connectivity index (χ4n) is 6.64. The first kappa shape index (κ1) is 45.5. The topological polar surface area (TPSA) is 25.3 Å². The molecule has 1 aliphatic rings. The second kappa shape index (κ2) is 27.0. The smallest absolute Gasteiger partial charge is 0.493 e. The summed E-state index contributed by atoms with van der Waals surface area (Å²) >= 11 is 0. The SMILES string of the molecule is CCCCCCc1ccc(C2=C(CCCCC)C(CCCCC)=C(c3ccc(CCCC)cc3)[N+]2=[N-])cc1.[CH2-]c1ccccc1.[CH2-]c1ccccc1.[Pd+2]. The average Bonchev–Trinajstić information content (AvgIpc) is 3.44. The maximum absolute atomic E-state index is 11.8. The Hall–Kier alpha value is -3.64. The van der Waals surface area contributed by atoms with E-state index in [1.165, 1.54) is 99.3 Å². The first-order chi connectivity index (χ1) is 25.4. The molecule has 0 N–H and O–H groups in total. The van der Waals surface area contributed by atoms with Crippen molar-refractivity contribution in [1.29, 1.82) is 0 Å². The van der Waals surface area contributed by atoms with Crippen molar-refractivity contribution in [2.24, 2.45) is 0 Å². The summed E-state index contributed by atoms with van der Waals surface area (Å²) in [6, 6.07) is 37.8. The van der Waals surface area contributed by atoms with Gasteiger partial charge in [-0.25, -0.2) is 4.70 Å². The van der Waals surface area contributed by atoms with Crippen molar-refractivity contribution >= 4 is 11.4 Å². The molecule has 3 heteroatoms. The van der Waals surface area contributed by atoms with Crippen molar-refractivity contribution in [3.8, 4) is 0 Å². The molecule has 0 bridgehead atoms. The summed E-state index contributed by atoms with van der Waals surface area (Å²) in [6.07, 6.45) is 19.1. The fourth-order valence-corrected chi connectivity index (χ4v) is 6.64. The Morgan fingerprint density at radius 2 is 0.755 bits per heavy atom. The summed E-state index contributed by atoms with van der Waals surface area (Å²) < 4.78 is 1.54. The van der Waals surface area contributed by atoms with Crippen LogP contribution in [0.1, 0.15) is 151 Å². The first-order valence-electron chi connectivity index (χ1n) is 20.3. The van der Waals surface area contributed by atoms with Crippen molar-refractivity contribution in [2.45, 2.75) is 130 Å². The van der Waals surface area contributed by atoms with Crippen LogP contribution in [0.3, 0.4) is 0 Å². The van der Waals surface area contributed by atoms with Gasteiger partial charge in [-0.1, -0.05) is 115 Å². The van der Waals surface area contributed by atoms with Gasteiger partial charge in [0.05, 0.1) is 0 Å². The Kier molecular flexibility index (Phi) is 23.2. The van der Waals surface area contributed by atoms with Crippen LogP contribution in [-0.2, 0) is 33.3 Å². The van der Waals surface area contributed by atoms with Crippen molar-refractivity contribution < 1.29 is 25.1 Å². The molecule has 1 heterocycles. The number of benzene rings is 4. The number of nitrogens with zero attached hydrogens (tertiary/aromatic N) is 2. The summed E-state index contributed by atoms with van der Waals surface area (Å²) in [5, 5.41) is 0. The Bertz CT molecular complexity index is 1580. The normalized spacial score (nSPS) is 12.1. The second-order valence-electron chi connectivity index (χ2n) is 14.2. The van der Waals surface area contributed by atoms with Crippen LogP contribution in [0.4, 0.5) is 0 Å². The molecule has 0 fully saturated rings. The van der Waals surface area contributed by atoms with Gasteiger partial charge in [0, 0.05) is 22.3 Å². The standard InChI is InChI=1S/C36H52N2.2C7H7.Pd/c1-5-9-13-16-18-30-23-27-32(28-24-30)36-34(20-15-11-7-3)33(19-14-10-6-2)35(38(36)37)31-25-21-29(22-26-31)17-12-8-4;2*1-7-5-3-2-4-6-7;/h21-28H,5-20H2,1-4H3;2*2-6H,1H2;/q;2*-1;+2. The molecule has 0 aromatic heterocycles. The number of aryl methyl sites for hydroxylation is 2. The van der Waals surface area contributed by atoms with E-state index in [0.29, 0.717) is 0 Å². The van der Waals surface area contributed by atoms with Crippen molar-refractivity contribution in [1.82, 2.24) is 0 Å². The van der Waals surface area contributed by atoms with Gasteiger partial charge in [0.25, 0.3) is 0 Å². The summed E-state index contributed by atoms with van der Waals surface area (Å²) in [5.74, 6) is 0. The van der Waals surface area contributed by atoms with Gasteiger partial charge in [-0.3, -0.25) is 0 Å². The molecule has 0 spiro atoms. The van der Waals surface area contributed by atoms with Gasteiger partial charge < -0.3 is 5.53 Å². The molecule has 53 heavy (non-hydrogen) atoms. The van der Waals surface area contributed by atoms with E-state index in [2.05, 4.69) is 90.1 Å². The van der Waals surface area contributed by atoms with Crippen molar-refractivity contribution in [2.75, 3.05) is 0 Å². The molecule has 4 aromatic rings. The minimum atomic E-state index is 0. The van der Waals surface area contributed by atoms with E-state index in [0.717, 1.165) is 59.3 Å². The molecule has 0 amide bonds. The quantitative estimate of drug-likeness (QED) is 0.0415. The van der Waals surface area contributed by atoms with Gasteiger partial charge in [-0.2, -0.15) is 49.2 Å². The Labute approximate surface area is 338 Å². The second-order valence-corrected chi connectivity index (χ2v) is 14.2. The zero-order valence-corrected chi connectivity index (χ0v) is 34.9. The maximum atomic E-state index is 11.8. The Balaban J connectivity index is 0.000000535. The van der Waals surface area contributed by atoms with E-state index in [-0.39, 0.29) is 20.4 Å². The third kappa shape index (κ3) is 16.1. The Morgan fingerprint density at radius 3 is 1.09 bits per heavy atom. The number of unbranched alkanes of at least 4 members (excludes halogenated alkanes) is 8. The predicted octanol–water partition coefficient (Wildman–Crippen LogP) is 15.2. The van der Waals surface area contributed by atoms with Crippen LogP contribution in [0.25, 0.3) is 16.9 Å². The molecule has 2 nitrogen and oxygen atoms in total. The van der Waals surface area contributed by atoms with Gasteiger partial charge >= 0.3 is 20.4 Å². The summed E-state index contributed by atoms with van der Waals surface area (Å²) in [5.41, 5.74) is 23.7. The molecule has 0 unspecified atom stereocenters. The monoisotopic (exact) mass is 800 g/mol. The largest absolute Gasteiger partial charge is 2.00 e. The van der Waals surface area contributed by atoms with Crippen LogP contribution >= 0.6 is 0 Å². The zero-order chi connectivity index (χ0) is 37.4. The summed E-state index contributed by atoms with van der Waals surface area (Å²) in [6.45, 7) is 16.5. The minimum absolute atomic E-state index is 0. The fraction of sp³-hybridized carbons (Fsp3) is 0.400. The molecule has 0 atom stereocenters. The van der Waals surface area contributed by atoms with Gasteiger partial charge in [0.1, 0.15) is 0 Å². The Morgan fingerprint density at radius 1 is 0.415 bits per heavy atom. The molecule has 1 aliphatic heterocycles. The van der Waals surface area contributed by atoms with Crippen LogP contribution in [0.5, 0.6) is 0 Å². The number of allylic oxidation sites excluding steroid dienone is 2. The van der Waals surface area contributed by atoms with Crippen LogP contribution in [-0.4, -0.2) is 4.70 Å². The maximum Gasteiger partial charge on any atom is 2.00 e. The van der Waals surface area contributed by atoms with Crippen LogP contribution in [0.15, 0.2) is 120 Å². The van der Waals surface area contributed by atoms with E-state index < -0.39 is 0 Å². The predicted molar refractivity (Wildman–Crippen MR) is 227 cm³/mol. The van der Waals surface area contributed by atoms with E-state index in [4.69, 9.17) is 0 Å². The molecule has 0 saturated carbocycles. The van der Waals surface area contributed by atoms with Gasteiger partial charge in [0.15, 0.2) is 0 Å². The van der Waals surface area contributed by atoms with E-state index in [1.807, 2.05) is 60.7 Å². The van der Waals surface area contributed by atoms with Crippen LogP contribution in [0.2, 0.25) is 0 Å². The molecule has 286 valence electrons. The summed E-state index contributed by atoms with van der Waals surface area (Å²) in [7, 11) is 0. The van der Waals surface area contributed by atoms with E-state index in [1.54, 1.807) is 4.70 Å². The summed E-state index contributed by atoms with van der Waals surface area (Å²) in [4.78, 5) is 0. The molecule has 0 saturated heterocycles. The molecular formula is C50H66N2Pd. The van der Waals surface area contributed by atoms with E-state index >= 15 is 0 Å². The van der Waals surface area contributed by atoms with Crippen LogP contribution in [0, 0.1) is 13.8 Å². The van der Waals surface area contributed by atoms with Gasteiger partial charge in [-0.05, 0) is 86.8 Å². The number of hydrogen-bond donors (Lipinski definition) is 0. The van der Waals surface area contributed by atoms with E-state index in [9.17, 15) is 5.53 Å². The molecule has 4 aromatic carbocycles. The average molecular weight is 802 g/mol. The minimum Gasteiger partial charge on any atom is -0.493 e. The molecule has 0 aliphatic carbocycles. The third-order valence-corrected chi connectivity index (χ3v) is 9.70. The van der Waals surface area contributed by atoms with Crippen LogP contribution < -0.4 is 0 Å². The van der Waals surface area contributed by atoms with Gasteiger partial charge in [0.2, 0.25) is 11.4 Å². The third-order valence-electron chi connectivity index (χ3n) is 9.70. The number of rotatable bonds is 18. The molecule has 5 rings (SSSR count). The van der Waals surface area contributed by atoms with Gasteiger partial charge in [-0.15, -0.1) is 24.3 Å². The van der Waals surface area contributed by atoms with Crippen molar-refractivity contribution in [3.05, 3.63) is 173 Å². The molecular weight excluding hydrogens is 735 g/mol. The number of hydrogen-bond acceptors (Lipinski definition) is 0. The zero-order valence-electron chi connectivity index (χ0n) is 33.3. The molecule has 0 radical (unpaired) electrons.